The highest BCUT2D eigenvalue weighted by atomic mass is 16.6. The molecule has 160 valence electrons. The Bertz CT molecular complexity index is 1260. The number of nitrogens with zero attached hydrogens (tertiary/aromatic N) is 3. The van der Waals surface area contributed by atoms with E-state index in [2.05, 4.69) is 4.98 Å². The van der Waals surface area contributed by atoms with E-state index >= 15 is 0 Å². The van der Waals surface area contributed by atoms with Gasteiger partial charge in [0.2, 0.25) is 0 Å². The minimum Gasteiger partial charge on any atom is -0.507 e. The van der Waals surface area contributed by atoms with Crippen molar-refractivity contribution in [1.82, 2.24) is 4.98 Å². The molecule has 1 fully saturated rings. The summed E-state index contributed by atoms with van der Waals surface area (Å²) in [6.45, 7) is 0. The molecular formula is C23H17N3O6. The van der Waals surface area contributed by atoms with Crippen molar-refractivity contribution in [3.8, 4) is 5.75 Å². The third kappa shape index (κ3) is 3.56. The number of Topliss-reactive ketones (excluding diaryl/α,β-unsaturated/α-hetero) is 1. The molecule has 1 saturated heterocycles. The quantitative estimate of drug-likeness (QED) is 0.215. The molecule has 0 spiro atoms. The number of rotatable bonds is 5. The SMILES string of the molecule is COc1cccc(/C(O)=C2\C(=O)C(=O)N(c3ccccn3)C2c2cccc([N+](=O)[O-])c2)c1. The summed E-state index contributed by atoms with van der Waals surface area (Å²) in [6.07, 6.45) is 1.46. The van der Waals surface area contributed by atoms with Crippen molar-refractivity contribution in [2.45, 2.75) is 6.04 Å². The van der Waals surface area contributed by atoms with E-state index in [9.17, 15) is 24.8 Å². The Balaban J connectivity index is 1.97. The van der Waals surface area contributed by atoms with Gasteiger partial charge in [-0.2, -0.15) is 0 Å². The average molecular weight is 431 g/mol. The highest BCUT2D eigenvalue weighted by Gasteiger charge is 2.47. The number of amides is 1. The lowest BCUT2D eigenvalue weighted by atomic mass is 9.95. The van der Waals surface area contributed by atoms with E-state index in [1.807, 2.05) is 0 Å². The van der Waals surface area contributed by atoms with Crippen LogP contribution >= 0.6 is 0 Å². The molecule has 2 aromatic carbocycles. The average Bonchev–Trinajstić information content (AvgIpc) is 3.09. The third-order valence-electron chi connectivity index (χ3n) is 5.08. The zero-order valence-electron chi connectivity index (χ0n) is 16.8. The molecule has 9 nitrogen and oxygen atoms in total. The minimum absolute atomic E-state index is 0.177. The van der Waals surface area contributed by atoms with Gasteiger partial charge < -0.3 is 9.84 Å². The summed E-state index contributed by atoms with van der Waals surface area (Å²) in [7, 11) is 1.46. The van der Waals surface area contributed by atoms with Crippen LogP contribution in [0.15, 0.2) is 78.5 Å². The number of hydrogen-bond acceptors (Lipinski definition) is 7. The number of pyridine rings is 1. The summed E-state index contributed by atoms with van der Waals surface area (Å²) in [4.78, 5) is 42.1. The van der Waals surface area contributed by atoms with Gasteiger partial charge in [-0.1, -0.05) is 30.3 Å². The molecule has 0 aliphatic carbocycles. The van der Waals surface area contributed by atoms with Crippen molar-refractivity contribution in [1.29, 1.82) is 0 Å². The molecule has 0 bridgehead atoms. The van der Waals surface area contributed by atoms with Gasteiger partial charge in [-0.05, 0) is 29.8 Å². The molecule has 1 aliphatic rings. The molecule has 1 unspecified atom stereocenters. The first-order valence-electron chi connectivity index (χ1n) is 9.53. The first-order valence-corrected chi connectivity index (χ1v) is 9.53. The predicted molar refractivity (Wildman–Crippen MR) is 115 cm³/mol. The predicted octanol–water partition coefficient (Wildman–Crippen LogP) is 3.62. The number of anilines is 1. The minimum atomic E-state index is -1.11. The Morgan fingerprint density at radius 1 is 1.09 bits per heavy atom. The number of hydrogen-bond donors (Lipinski definition) is 1. The molecular weight excluding hydrogens is 414 g/mol. The number of carbonyl (C=O) groups excluding carboxylic acids is 2. The molecule has 1 aliphatic heterocycles. The molecule has 2 heterocycles. The maximum atomic E-state index is 13.1. The molecule has 1 aromatic heterocycles. The van der Waals surface area contributed by atoms with Gasteiger partial charge in [0.15, 0.2) is 0 Å². The molecule has 1 N–H and O–H groups in total. The summed E-state index contributed by atoms with van der Waals surface area (Å²) in [5.74, 6) is -1.62. The van der Waals surface area contributed by atoms with Gasteiger partial charge in [0.1, 0.15) is 17.3 Å². The second kappa shape index (κ2) is 8.31. The monoisotopic (exact) mass is 431 g/mol. The van der Waals surface area contributed by atoms with Crippen LogP contribution in [0.4, 0.5) is 11.5 Å². The Labute approximate surface area is 182 Å². The number of aliphatic hydroxyl groups excluding tert-OH is 1. The summed E-state index contributed by atoms with van der Waals surface area (Å²) in [5.41, 5.74) is 0.136. The number of benzene rings is 2. The topological polar surface area (TPSA) is 123 Å². The summed E-state index contributed by atoms with van der Waals surface area (Å²) in [6, 6.07) is 15.7. The lowest BCUT2D eigenvalue weighted by Crippen LogP contribution is -2.30. The number of nitro groups is 1. The number of ketones is 1. The fraction of sp³-hybridized carbons (Fsp3) is 0.0870. The van der Waals surface area contributed by atoms with Crippen molar-refractivity contribution in [2.24, 2.45) is 0 Å². The van der Waals surface area contributed by atoms with Gasteiger partial charge >= 0.3 is 5.91 Å². The van der Waals surface area contributed by atoms with E-state index in [0.29, 0.717) is 5.75 Å². The van der Waals surface area contributed by atoms with E-state index in [-0.39, 0.29) is 28.2 Å². The molecule has 0 saturated carbocycles. The van der Waals surface area contributed by atoms with Crippen molar-refractivity contribution in [2.75, 3.05) is 12.0 Å². The number of aliphatic hydroxyl groups is 1. The fourth-order valence-electron chi connectivity index (χ4n) is 3.61. The molecule has 0 radical (unpaired) electrons. The molecule has 3 aromatic rings. The van der Waals surface area contributed by atoms with Crippen molar-refractivity contribution in [3.63, 3.8) is 0 Å². The fourth-order valence-corrected chi connectivity index (χ4v) is 3.61. The van der Waals surface area contributed by atoms with Crippen LogP contribution in [0.1, 0.15) is 17.2 Å². The summed E-state index contributed by atoms with van der Waals surface area (Å²) in [5, 5.41) is 22.4. The molecule has 4 rings (SSSR count). The zero-order chi connectivity index (χ0) is 22.8. The number of methoxy groups -OCH3 is 1. The summed E-state index contributed by atoms with van der Waals surface area (Å²) < 4.78 is 5.18. The second-order valence-electron chi connectivity index (χ2n) is 6.94. The standard InChI is InChI=1S/C23H17N3O6/c1-32-17-9-5-7-15(13-17)21(27)19-20(14-6-4-8-16(12-14)26(30)31)25(23(29)22(19)28)18-10-2-3-11-24-18/h2-13,20,27H,1H3/b21-19+. The Kier molecular flexibility index (Phi) is 5.38. The van der Waals surface area contributed by atoms with Crippen LogP contribution in [0.5, 0.6) is 5.75 Å². The van der Waals surface area contributed by atoms with Gasteiger partial charge in [-0.3, -0.25) is 24.6 Å². The summed E-state index contributed by atoms with van der Waals surface area (Å²) >= 11 is 0. The maximum absolute atomic E-state index is 13.1. The van der Waals surface area contributed by atoms with Crippen LogP contribution in [0.3, 0.4) is 0 Å². The first kappa shape index (κ1) is 20.7. The lowest BCUT2D eigenvalue weighted by Gasteiger charge is -2.24. The third-order valence-corrected chi connectivity index (χ3v) is 5.08. The van der Waals surface area contributed by atoms with E-state index < -0.39 is 28.4 Å². The largest absolute Gasteiger partial charge is 0.507 e. The van der Waals surface area contributed by atoms with Crippen molar-refractivity contribution < 1.29 is 24.4 Å². The lowest BCUT2D eigenvalue weighted by molar-refractivity contribution is -0.384. The Hall–Kier alpha value is -4.53. The number of carbonyl (C=O) groups is 2. The van der Waals surface area contributed by atoms with Crippen LogP contribution in [-0.2, 0) is 9.59 Å². The first-order chi connectivity index (χ1) is 15.4. The highest BCUT2D eigenvalue weighted by Crippen LogP contribution is 2.42. The zero-order valence-corrected chi connectivity index (χ0v) is 16.8. The number of nitro benzene ring substituents is 1. The van der Waals surface area contributed by atoms with Gasteiger partial charge in [-0.15, -0.1) is 0 Å². The van der Waals surface area contributed by atoms with Crippen LogP contribution in [0, 0.1) is 10.1 Å². The van der Waals surface area contributed by atoms with E-state index in [1.165, 1.54) is 37.6 Å². The Morgan fingerprint density at radius 2 is 1.88 bits per heavy atom. The Morgan fingerprint density at radius 3 is 2.56 bits per heavy atom. The van der Waals surface area contributed by atoms with Crippen LogP contribution in [0.25, 0.3) is 5.76 Å². The number of non-ortho nitro benzene ring substituents is 1. The van der Waals surface area contributed by atoms with E-state index in [4.69, 9.17) is 4.74 Å². The van der Waals surface area contributed by atoms with E-state index in [0.717, 1.165) is 4.90 Å². The normalized spacial score (nSPS) is 17.4. The van der Waals surface area contributed by atoms with Crippen molar-refractivity contribution in [3.05, 3.63) is 99.7 Å². The highest BCUT2D eigenvalue weighted by molar-refractivity contribution is 6.51. The van der Waals surface area contributed by atoms with Gasteiger partial charge in [-0.25, -0.2) is 4.98 Å². The van der Waals surface area contributed by atoms with Gasteiger partial charge in [0.25, 0.3) is 11.5 Å². The van der Waals surface area contributed by atoms with Crippen LogP contribution in [0.2, 0.25) is 0 Å². The second-order valence-corrected chi connectivity index (χ2v) is 6.94. The number of ether oxygens (including phenoxy) is 1. The molecule has 1 amide bonds. The van der Waals surface area contributed by atoms with E-state index in [1.54, 1.807) is 42.5 Å². The van der Waals surface area contributed by atoms with Crippen LogP contribution < -0.4 is 9.64 Å². The molecule has 9 heteroatoms. The molecule has 1 atom stereocenters. The van der Waals surface area contributed by atoms with Gasteiger partial charge in [0, 0.05) is 23.9 Å². The smallest absolute Gasteiger partial charge is 0.301 e. The number of aromatic nitrogens is 1. The maximum Gasteiger partial charge on any atom is 0.301 e. The van der Waals surface area contributed by atoms with Crippen molar-refractivity contribution >= 4 is 29.0 Å². The van der Waals surface area contributed by atoms with Crippen LogP contribution in [-0.4, -0.2) is 33.8 Å². The molecule has 32 heavy (non-hydrogen) atoms. The van der Waals surface area contributed by atoms with Gasteiger partial charge in [0.05, 0.1) is 23.6 Å².